The van der Waals surface area contributed by atoms with Crippen molar-refractivity contribution in [3.63, 3.8) is 0 Å². The van der Waals surface area contributed by atoms with Crippen molar-refractivity contribution in [2.24, 2.45) is 11.8 Å². The SMILES string of the molecule is CC1CCN(S(=O)(=O)CCC2CCNCC2)C(C)C1. The lowest BCUT2D eigenvalue weighted by Gasteiger charge is -2.35. The smallest absolute Gasteiger partial charge is 0.214 e. The molecule has 0 amide bonds. The maximum absolute atomic E-state index is 12.5. The van der Waals surface area contributed by atoms with Gasteiger partial charge in [0.05, 0.1) is 5.75 Å². The maximum Gasteiger partial charge on any atom is 0.214 e. The Bertz CT molecular complexity index is 377. The summed E-state index contributed by atoms with van der Waals surface area (Å²) in [6, 6.07) is 0.182. The summed E-state index contributed by atoms with van der Waals surface area (Å²) in [4.78, 5) is 0. The number of nitrogens with zero attached hydrogens (tertiary/aromatic N) is 1. The summed E-state index contributed by atoms with van der Waals surface area (Å²) >= 11 is 0. The molecule has 0 aromatic carbocycles. The minimum absolute atomic E-state index is 0.182. The lowest BCUT2D eigenvalue weighted by atomic mass is 9.95. The molecular formula is C14H28N2O2S. The summed E-state index contributed by atoms with van der Waals surface area (Å²) in [5.74, 6) is 1.59. The molecule has 0 aromatic heterocycles. The van der Waals surface area contributed by atoms with E-state index >= 15 is 0 Å². The summed E-state index contributed by atoms with van der Waals surface area (Å²) in [5.41, 5.74) is 0. The van der Waals surface area contributed by atoms with Crippen molar-refractivity contribution in [2.45, 2.75) is 52.0 Å². The Morgan fingerprint density at radius 2 is 1.84 bits per heavy atom. The Morgan fingerprint density at radius 1 is 1.16 bits per heavy atom. The van der Waals surface area contributed by atoms with Crippen LogP contribution in [0.3, 0.4) is 0 Å². The van der Waals surface area contributed by atoms with Crippen molar-refractivity contribution < 1.29 is 8.42 Å². The van der Waals surface area contributed by atoms with Gasteiger partial charge >= 0.3 is 0 Å². The van der Waals surface area contributed by atoms with Crippen molar-refractivity contribution in [1.82, 2.24) is 9.62 Å². The second-order valence-corrected chi connectivity index (χ2v) is 8.43. The number of hydrogen-bond donors (Lipinski definition) is 1. The van der Waals surface area contributed by atoms with Crippen LogP contribution in [0.1, 0.15) is 46.0 Å². The van der Waals surface area contributed by atoms with Gasteiger partial charge in [-0.1, -0.05) is 6.92 Å². The standard InChI is InChI=1S/C14H28N2O2S/c1-12-5-9-16(13(2)11-12)19(17,18)10-6-14-3-7-15-8-4-14/h12-15H,3-11H2,1-2H3. The van der Waals surface area contributed by atoms with E-state index in [4.69, 9.17) is 0 Å². The molecule has 2 aliphatic heterocycles. The van der Waals surface area contributed by atoms with Crippen molar-refractivity contribution >= 4 is 10.0 Å². The largest absolute Gasteiger partial charge is 0.317 e. The molecular weight excluding hydrogens is 260 g/mol. The van der Waals surface area contributed by atoms with E-state index in [-0.39, 0.29) is 6.04 Å². The first-order valence-corrected chi connectivity index (χ1v) is 9.30. The first kappa shape index (κ1) is 15.3. The molecule has 2 atom stereocenters. The van der Waals surface area contributed by atoms with Gasteiger partial charge in [-0.25, -0.2) is 8.42 Å². The molecule has 2 rings (SSSR count). The Hall–Kier alpha value is -0.130. The van der Waals surface area contributed by atoms with E-state index in [0.717, 1.165) is 51.7 Å². The molecule has 2 aliphatic rings. The number of hydrogen-bond acceptors (Lipinski definition) is 3. The van der Waals surface area contributed by atoms with E-state index in [2.05, 4.69) is 19.2 Å². The molecule has 2 unspecified atom stereocenters. The van der Waals surface area contributed by atoms with Gasteiger partial charge in [0.15, 0.2) is 0 Å². The Kier molecular flexibility index (Phi) is 5.26. The topological polar surface area (TPSA) is 49.4 Å². The highest BCUT2D eigenvalue weighted by Crippen LogP contribution is 2.26. The third-order valence-electron chi connectivity index (χ3n) is 4.68. The Balaban J connectivity index is 1.86. The molecule has 0 aliphatic carbocycles. The quantitative estimate of drug-likeness (QED) is 0.858. The molecule has 0 spiro atoms. The van der Waals surface area contributed by atoms with Crippen LogP contribution in [-0.2, 0) is 10.0 Å². The van der Waals surface area contributed by atoms with Crippen molar-refractivity contribution in [3.05, 3.63) is 0 Å². The van der Waals surface area contributed by atoms with Crippen LogP contribution in [0.4, 0.5) is 0 Å². The van der Waals surface area contributed by atoms with Crippen LogP contribution in [0.5, 0.6) is 0 Å². The van der Waals surface area contributed by atoms with E-state index in [9.17, 15) is 8.42 Å². The summed E-state index contributed by atoms with van der Waals surface area (Å²) in [6.45, 7) is 7.08. The second-order valence-electron chi connectivity index (χ2n) is 6.39. The predicted molar refractivity (Wildman–Crippen MR) is 78.6 cm³/mol. The third kappa shape index (κ3) is 4.17. The number of piperidine rings is 2. The minimum Gasteiger partial charge on any atom is -0.317 e. The predicted octanol–water partition coefficient (Wildman–Crippen LogP) is 1.83. The lowest BCUT2D eigenvalue weighted by Crippen LogP contribution is -2.45. The molecule has 0 radical (unpaired) electrons. The van der Waals surface area contributed by atoms with E-state index in [1.807, 2.05) is 0 Å². The van der Waals surface area contributed by atoms with E-state index < -0.39 is 10.0 Å². The van der Waals surface area contributed by atoms with Crippen molar-refractivity contribution in [2.75, 3.05) is 25.4 Å². The second kappa shape index (κ2) is 6.55. The first-order chi connectivity index (χ1) is 8.99. The first-order valence-electron chi connectivity index (χ1n) is 7.69. The fraction of sp³-hybridized carbons (Fsp3) is 1.00. The molecule has 19 heavy (non-hydrogen) atoms. The maximum atomic E-state index is 12.5. The van der Waals surface area contributed by atoms with Gasteiger partial charge in [-0.2, -0.15) is 4.31 Å². The minimum atomic E-state index is -3.04. The summed E-state index contributed by atoms with van der Waals surface area (Å²) in [7, 11) is -3.04. The highest BCUT2D eigenvalue weighted by atomic mass is 32.2. The van der Waals surface area contributed by atoms with Crippen molar-refractivity contribution in [3.8, 4) is 0 Å². The molecule has 2 fully saturated rings. The van der Waals surface area contributed by atoms with Crippen LogP contribution < -0.4 is 5.32 Å². The number of nitrogens with one attached hydrogen (secondary N) is 1. The normalized spacial score (nSPS) is 31.5. The molecule has 4 nitrogen and oxygen atoms in total. The molecule has 5 heteroatoms. The van der Waals surface area contributed by atoms with Crippen LogP contribution in [0, 0.1) is 11.8 Å². The van der Waals surface area contributed by atoms with Gasteiger partial charge < -0.3 is 5.32 Å². The average Bonchev–Trinajstić information content (AvgIpc) is 2.37. The number of sulfonamides is 1. The third-order valence-corrected chi connectivity index (χ3v) is 6.69. The van der Waals surface area contributed by atoms with Gasteiger partial charge in [0.2, 0.25) is 10.0 Å². The summed E-state index contributed by atoms with van der Waals surface area (Å²) < 4.78 is 26.7. The molecule has 2 saturated heterocycles. The van der Waals surface area contributed by atoms with Gasteiger partial charge in [-0.05, 0) is 64.0 Å². The molecule has 0 saturated carbocycles. The highest BCUT2D eigenvalue weighted by Gasteiger charge is 2.32. The molecule has 1 N–H and O–H groups in total. The summed E-state index contributed by atoms with van der Waals surface area (Å²) in [6.07, 6.45) is 5.11. The highest BCUT2D eigenvalue weighted by molar-refractivity contribution is 7.89. The van der Waals surface area contributed by atoms with Crippen LogP contribution in [0.15, 0.2) is 0 Å². The fourth-order valence-electron chi connectivity index (χ4n) is 3.40. The van der Waals surface area contributed by atoms with Gasteiger partial charge in [-0.3, -0.25) is 0 Å². The van der Waals surface area contributed by atoms with Crippen LogP contribution >= 0.6 is 0 Å². The van der Waals surface area contributed by atoms with Crippen LogP contribution in [0.2, 0.25) is 0 Å². The summed E-state index contributed by atoms with van der Waals surface area (Å²) in [5, 5.41) is 3.33. The zero-order valence-electron chi connectivity index (χ0n) is 12.3. The van der Waals surface area contributed by atoms with E-state index in [0.29, 0.717) is 17.6 Å². The fourth-order valence-corrected chi connectivity index (χ4v) is 5.29. The molecule has 2 heterocycles. The van der Waals surface area contributed by atoms with Crippen molar-refractivity contribution in [1.29, 1.82) is 0 Å². The zero-order valence-corrected chi connectivity index (χ0v) is 13.1. The zero-order chi connectivity index (χ0) is 13.9. The van der Waals surface area contributed by atoms with Crippen LogP contribution in [-0.4, -0.2) is 44.2 Å². The van der Waals surface area contributed by atoms with E-state index in [1.54, 1.807) is 4.31 Å². The van der Waals surface area contributed by atoms with Gasteiger partial charge in [0.25, 0.3) is 0 Å². The molecule has 112 valence electrons. The van der Waals surface area contributed by atoms with Gasteiger partial charge in [0, 0.05) is 12.6 Å². The monoisotopic (exact) mass is 288 g/mol. The average molecular weight is 288 g/mol. The Labute approximate surface area is 118 Å². The van der Waals surface area contributed by atoms with Gasteiger partial charge in [-0.15, -0.1) is 0 Å². The Morgan fingerprint density at radius 3 is 2.47 bits per heavy atom. The molecule has 0 bridgehead atoms. The lowest BCUT2D eigenvalue weighted by molar-refractivity contribution is 0.219. The van der Waals surface area contributed by atoms with E-state index in [1.165, 1.54) is 0 Å². The van der Waals surface area contributed by atoms with Gasteiger partial charge in [0.1, 0.15) is 0 Å². The molecule has 0 aromatic rings. The number of rotatable bonds is 4. The van der Waals surface area contributed by atoms with Crippen LogP contribution in [0.25, 0.3) is 0 Å².